The van der Waals surface area contributed by atoms with Crippen molar-refractivity contribution in [2.75, 3.05) is 13.1 Å². The second-order valence-corrected chi connectivity index (χ2v) is 7.22. The van der Waals surface area contributed by atoms with Crippen LogP contribution in [0.2, 0.25) is 0 Å². The molecule has 1 unspecified atom stereocenters. The van der Waals surface area contributed by atoms with Gasteiger partial charge < -0.3 is 4.57 Å². The average Bonchev–Trinajstić information content (AvgIpc) is 3.28. The second-order valence-electron chi connectivity index (χ2n) is 7.22. The summed E-state index contributed by atoms with van der Waals surface area (Å²) in [5.74, 6) is 0.293. The van der Waals surface area contributed by atoms with Crippen LogP contribution in [-0.4, -0.2) is 37.5 Å². The summed E-state index contributed by atoms with van der Waals surface area (Å²) in [4.78, 5) is 15.5. The minimum absolute atomic E-state index is 0.293. The predicted molar refractivity (Wildman–Crippen MR) is 97.5 cm³/mol. The number of alkyl halides is 1. The molecule has 5 heterocycles. The van der Waals surface area contributed by atoms with Gasteiger partial charge in [0, 0.05) is 49.2 Å². The van der Waals surface area contributed by atoms with E-state index in [1.54, 1.807) is 0 Å². The molecular weight excluding hydrogens is 329 g/mol. The number of pyridine rings is 1. The predicted octanol–water partition coefficient (Wildman–Crippen LogP) is 3.23. The summed E-state index contributed by atoms with van der Waals surface area (Å²) >= 11 is 0. The van der Waals surface area contributed by atoms with E-state index in [-0.39, 0.29) is 0 Å². The van der Waals surface area contributed by atoms with Crippen molar-refractivity contribution in [3.63, 3.8) is 0 Å². The van der Waals surface area contributed by atoms with Gasteiger partial charge in [0.25, 0.3) is 0 Å². The van der Waals surface area contributed by atoms with Crippen molar-refractivity contribution in [2.45, 2.75) is 44.9 Å². The fourth-order valence-electron chi connectivity index (χ4n) is 4.64. The van der Waals surface area contributed by atoms with E-state index in [1.165, 1.54) is 29.7 Å². The number of rotatable bonds is 4. The summed E-state index contributed by atoms with van der Waals surface area (Å²) in [5.41, 5.74) is 6.00. The molecule has 0 saturated carbocycles. The first kappa shape index (κ1) is 15.9. The molecule has 0 bridgehead atoms. The maximum absolute atomic E-state index is 13.2. The Morgan fingerprint density at radius 2 is 2.08 bits per heavy atom. The van der Waals surface area contributed by atoms with Crippen LogP contribution in [0.15, 0.2) is 30.7 Å². The van der Waals surface area contributed by atoms with Gasteiger partial charge in [0.2, 0.25) is 0 Å². The molecular formula is C20H22FN5. The first-order chi connectivity index (χ1) is 12.8. The number of fused-ring (bicyclic) bond motifs is 5. The molecule has 26 heavy (non-hydrogen) atoms. The summed E-state index contributed by atoms with van der Waals surface area (Å²) in [6, 6.07) is 4.56. The normalized spacial score (nSPS) is 19.7. The van der Waals surface area contributed by atoms with Crippen LogP contribution in [0.1, 0.15) is 41.5 Å². The lowest BCUT2D eigenvalue weighted by atomic mass is 9.98. The van der Waals surface area contributed by atoms with Gasteiger partial charge in [0.15, 0.2) is 5.82 Å². The number of aryl methyl sites for hydroxylation is 2. The highest BCUT2D eigenvalue weighted by atomic mass is 19.1. The highest BCUT2D eigenvalue weighted by Crippen LogP contribution is 2.42. The van der Waals surface area contributed by atoms with Gasteiger partial charge in [-0.05, 0) is 43.5 Å². The van der Waals surface area contributed by atoms with Crippen molar-refractivity contribution in [1.82, 2.24) is 24.4 Å². The molecule has 0 N–H and O–H groups in total. The Balaban J connectivity index is 1.61. The second kappa shape index (κ2) is 6.43. The maximum Gasteiger partial charge on any atom is 0.160 e. The average molecular weight is 351 g/mol. The van der Waals surface area contributed by atoms with Crippen molar-refractivity contribution in [2.24, 2.45) is 0 Å². The molecule has 2 aliphatic rings. The van der Waals surface area contributed by atoms with Crippen molar-refractivity contribution in [1.29, 1.82) is 0 Å². The third-order valence-electron chi connectivity index (χ3n) is 5.83. The third-order valence-corrected chi connectivity index (χ3v) is 5.83. The molecule has 134 valence electrons. The first-order valence-electron chi connectivity index (χ1n) is 9.41. The molecule has 6 heteroatoms. The zero-order valence-electron chi connectivity index (χ0n) is 14.7. The van der Waals surface area contributed by atoms with Crippen LogP contribution in [0.5, 0.6) is 0 Å². The van der Waals surface area contributed by atoms with Gasteiger partial charge in [-0.1, -0.05) is 0 Å². The van der Waals surface area contributed by atoms with Gasteiger partial charge in [0.05, 0.1) is 17.2 Å². The van der Waals surface area contributed by atoms with Crippen LogP contribution in [0.3, 0.4) is 0 Å². The van der Waals surface area contributed by atoms with Crippen LogP contribution in [0, 0.1) is 0 Å². The Kier molecular flexibility index (Phi) is 3.93. The summed E-state index contributed by atoms with van der Waals surface area (Å²) in [6.45, 7) is 2.55. The molecule has 0 aromatic carbocycles. The monoisotopic (exact) mass is 351 g/mol. The standard InChI is InChI=1S/C20H22FN5/c21-12-18-23-13-17-20(24-18)19-15-2-1-9-25(15)10-6-16(19)26(17)11-5-14-3-7-22-8-4-14/h3-4,7-8,13,15H,1-2,5-6,9-12H2. The van der Waals surface area contributed by atoms with Gasteiger partial charge in [-0.15, -0.1) is 0 Å². The molecule has 0 radical (unpaired) electrons. The SMILES string of the molecule is FCc1ncc2c(n1)c1c(n2CCc2ccncc2)CCN2CCCC12. The van der Waals surface area contributed by atoms with Crippen LogP contribution >= 0.6 is 0 Å². The number of hydrogen-bond acceptors (Lipinski definition) is 4. The summed E-state index contributed by atoms with van der Waals surface area (Å²) in [6.07, 6.45) is 9.88. The Labute approximate surface area is 151 Å². The largest absolute Gasteiger partial charge is 0.341 e. The summed E-state index contributed by atoms with van der Waals surface area (Å²) in [5, 5.41) is 0. The molecule has 5 nitrogen and oxygen atoms in total. The minimum atomic E-state index is -0.610. The topological polar surface area (TPSA) is 46.8 Å². The summed E-state index contributed by atoms with van der Waals surface area (Å²) < 4.78 is 15.6. The molecule has 1 atom stereocenters. The van der Waals surface area contributed by atoms with Crippen molar-refractivity contribution < 1.29 is 4.39 Å². The lowest BCUT2D eigenvalue weighted by Gasteiger charge is -2.30. The first-order valence-corrected chi connectivity index (χ1v) is 9.41. The Hall–Kier alpha value is -2.34. The Morgan fingerprint density at radius 3 is 2.92 bits per heavy atom. The number of aromatic nitrogens is 4. The van der Waals surface area contributed by atoms with Gasteiger partial charge in [-0.3, -0.25) is 9.88 Å². The van der Waals surface area contributed by atoms with E-state index in [9.17, 15) is 4.39 Å². The van der Waals surface area contributed by atoms with E-state index in [0.717, 1.165) is 43.5 Å². The highest BCUT2D eigenvalue weighted by molar-refractivity contribution is 5.82. The smallest absolute Gasteiger partial charge is 0.160 e. The molecule has 3 aromatic rings. The Morgan fingerprint density at radius 1 is 1.19 bits per heavy atom. The van der Waals surface area contributed by atoms with Crippen molar-refractivity contribution in [3.8, 4) is 0 Å². The quantitative estimate of drug-likeness (QED) is 0.724. The number of nitrogens with zero attached hydrogens (tertiary/aromatic N) is 5. The van der Waals surface area contributed by atoms with Crippen molar-refractivity contribution in [3.05, 3.63) is 53.4 Å². The Bertz CT molecular complexity index is 936. The number of hydrogen-bond donors (Lipinski definition) is 0. The molecule has 0 aliphatic carbocycles. The zero-order valence-corrected chi connectivity index (χ0v) is 14.7. The minimum Gasteiger partial charge on any atom is -0.341 e. The molecule has 1 saturated heterocycles. The maximum atomic E-state index is 13.2. The highest BCUT2D eigenvalue weighted by Gasteiger charge is 2.36. The number of halogens is 1. The van der Waals surface area contributed by atoms with Gasteiger partial charge in [-0.2, -0.15) is 0 Å². The van der Waals surface area contributed by atoms with E-state index in [0.29, 0.717) is 11.9 Å². The van der Waals surface area contributed by atoms with Gasteiger partial charge in [-0.25, -0.2) is 14.4 Å². The van der Waals surface area contributed by atoms with E-state index in [4.69, 9.17) is 0 Å². The van der Waals surface area contributed by atoms with E-state index < -0.39 is 6.67 Å². The summed E-state index contributed by atoms with van der Waals surface area (Å²) in [7, 11) is 0. The fourth-order valence-corrected chi connectivity index (χ4v) is 4.64. The van der Waals surface area contributed by atoms with E-state index in [1.807, 2.05) is 18.6 Å². The molecule has 2 aliphatic heterocycles. The molecule has 0 spiro atoms. The van der Waals surface area contributed by atoms with Crippen LogP contribution in [-0.2, 0) is 26.1 Å². The van der Waals surface area contributed by atoms with Crippen LogP contribution < -0.4 is 0 Å². The zero-order chi connectivity index (χ0) is 17.5. The fraction of sp³-hybridized carbons (Fsp3) is 0.450. The third kappa shape index (κ3) is 2.51. The molecule has 5 rings (SSSR count). The van der Waals surface area contributed by atoms with Gasteiger partial charge in [0.1, 0.15) is 6.67 Å². The molecule has 3 aromatic heterocycles. The van der Waals surface area contributed by atoms with E-state index >= 15 is 0 Å². The van der Waals surface area contributed by atoms with E-state index in [2.05, 4.69) is 36.6 Å². The lowest BCUT2D eigenvalue weighted by molar-refractivity contribution is 0.241. The van der Waals surface area contributed by atoms with Crippen LogP contribution in [0.4, 0.5) is 4.39 Å². The molecule has 1 fully saturated rings. The molecule has 0 amide bonds. The lowest BCUT2D eigenvalue weighted by Crippen LogP contribution is -2.31. The van der Waals surface area contributed by atoms with Crippen LogP contribution in [0.25, 0.3) is 11.0 Å². The van der Waals surface area contributed by atoms with Gasteiger partial charge >= 0.3 is 0 Å². The van der Waals surface area contributed by atoms with Crippen molar-refractivity contribution >= 4 is 11.0 Å².